The van der Waals surface area contributed by atoms with Gasteiger partial charge in [0.25, 0.3) is 0 Å². The van der Waals surface area contributed by atoms with Gasteiger partial charge in [-0.25, -0.2) is 0 Å². The third-order valence-electron chi connectivity index (χ3n) is 6.00. The Hall–Kier alpha value is -3.67. The quantitative estimate of drug-likeness (QED) is 0.444. The molecule has 0 aromatic heterocycles. The van der Waals surface area contributed by atoms with Crippen LogP contribution in [0.15, 0.2) is 54.6 Å². The molecule has 0 saturated heterocycles. The van der Waals surface area contributed by atoms with Crippen molar-refractivity contribution in [2.45, 2.75) is 33.2 Å². The van der Waals surface area contributed by atoms with Crippen LogP contribution in [-0.4, -0.2) is 33.3 Å². The molecule has 3 aromatic carbocycles. The molecule has 178 valence electrons. The third-order valence-corrected chi connectivity index (χ3v) is 6.00. The second-order valence-electron chi connectivity index (χ2n) is 8.16. The summed E-state index contributed by atoms with van der Waals surface area (Å²) >= 11 is 0. The number of fused-ring (bicyclic) bond motifs is 1. The van der Waals surface area contributed by atoms with Crippen LogP contribution in [-0.2, 0) is 11.2 Å². The number of ether oxygens (including phenoxy) is 4. The Morgan fingerprint density at radius 3 is 2.09 bits per heavy atom. The van der Waals surface area contributed by atoms with E-state index in [0.29, 0.717) is 36.2 Å². The van der Waals surface area contributed by atoms with Gasteiger partial charge in [-0.2, -0.15) is 0 Å². The fraction of sp³-hybridized carbons (Fsp3) is 0.321. The monoisotopic (exact) mass is 461 g/mol. The van der Waals surface area contributed by atoms with E-state index in [9.17, 15) is 4.79 Å². The van der Waals surface area contributed by atoms with Crippen LogP contribution in [0.1, 0.15) is 42.1 Å². The molecule has 1 aliphatic heterocycles. The lowest BCUT2D eigenvalue weighted by molar-refractivity contribution is -0.118. The van der Waals surface area contributed by atoms with E-state index in [0.717, 1.165) is 27.9 Å². The van der Waals surface area contributed by atoms with E-state index in [4.69, 9.17) is 18.9 Å². The topological polar surface area (TPSA) is 57.2 Å². The van der Waals surface area contributed by atoms with Crippen molar-refractivity contribution in [1.29, 1.82) is 0 Å². The van der Waals surface area contributed by atoms with Crippen molar-refractivity contribution < 1.29 is 23.7 Å². The smallest absolute Gasteiger partial charge is 0.232 e. The van der Waals surface area contributed by atoms with E-state index in [-0.39, 0.29) is 18.4 Å². The number of nitrogens with zero attached hydrogens (tertiary/aromatic N) is 1. The number of rotatable bonds is 8. The first kappa shape index (κ1) is 23.5. The van der Waals surface area contributed by atoms with Crippen molar-refractivity contribution in [3.05, 3.63) is 76.9 Å². The molecule has 3 aromatic rings. The van der Waals surface area contributed by atoms with Crippen LogP contribution in [0.5, 0.6) is 23.0 Å². The van der Waals surface area contributed by atoms with Crippen LogP contribution >= 0.6 is 0 Å². The normalized spacial score (nSPS) is 15.0. The fourth-order valence-electron chi connectivity index (χ4n) is 4.44. The molecule has 0 fully saturated rings. The lowest BCUT2D eigenvalue weighted by atomic mass is 9.86. The maximum atomic E-state index is 13.6. The van der Waals surface area contributed by atoms with Gasteiger partial charge in [-0.3, -0.25) is 4.79 Å². The average Bonchev–Trinajstić information content (AvgIpc) is 2.84. The standard InChI is InChI=1S/C28H31NO5/c1-6-33-25-15-20-16-27(30)29(21-11-8-18(3)9-12-21)28(22(20)17-26(25)34-7-2)19-10-13-23(31-4)24(14-19)32-5/h8-15,17,28H,6-7,16H2,1-5H3. The van der Waals surface area contributed by atoms with E-state index in [2.05, 4.69) is 0 Å². The molecule has 0 spiro atoms. The molecule has 1 unspecified atom stereocenters. The first-order chi connectivity index (χ1) is 16.5. The minimum Gasteiger partial charge on any atom is -0.493 e. The van der Waals surface area contributed by atoms with Crippen LogP contribution in [0.25, 0.3) is 0 Å². The Bertz CT molecular complexity index is 1170. The highest BCUT2D eigenvalue weighted by molar-refractivity contribution is 5.98. The highest BCUT2D eigenvalue weighted by Crippen LogP contribution is 2.45. The molecule has 0 N–H and O–H groups in total. The molecule has 6 nitrogen and oxygen atoms in total. The van der Waals surface area contributed by atoms with Gasteiger partial charge in [-0.05, 0) is 73.9 Å². The van der Waals surface area contributed by atoms with E-state index < -0.39 is 0 Å². The predicted octanol–water partition coefficient (Wildman–Crippen LogP) is 5.49. The molecular formula is C28H31NO5. The zero-order valence-electron chi connectivity index (χ0n) is 20.4. The minimum atomic E-state index is -0.367. The maximum absolute atomic E-state index is 13.6. The predicted molar refractivity (Wildman–Crippen MR) is 133 cm³/mol. The average molecular weight is 462 g/mol. The number of hydrogen-bond acceptors (Lipinski definition) is 5. The molecule has 1 amide bonds. The number of carbonyl (C=O) groups is 1. The van der Waals surface area contributed by atoms with Crippen molar-refractivity contribution >= 4 is 11.6 Å². The summed E-state index contributed by atoms with van der Waals surface area (Å²) in [4.78, 5) is 15.4. The van der Waals surface area contributed by atoms with Crippen molar-refractivity contribution in [2.75, 3.05) is 32.3 Å². The van der Waals surface area contributed by atoms with Crippen molar-refractivity contribution in [3.63, 3.8) is 0 Å². The van der Waals surface area contributed by atoms with Gasteiger partial charge < -0.3 is 23.8 Å². The summed E-state index contributed by atoms with van der Waals surface area (Å²) in [7, 11) is 3.22. The van der Waals surface area contributed by atoms with Gasteiger partial charge in [-0.15, -0.1) is 0 Å². The lowest BCUT2D eigenvalue weighted by Gasteiger charge is -2.38. The molecule has 4 rings (SSSR count). The first-order valence-electron chi connectivity index (χ1n) is 11.5. The molecule has 0 saturated carbocycles. The number of anilines is 1. The second kappa shape index (κ2) is 10.1. The Labute approximate surface area is 201 Å². The molecule has 1 atom stereocenters. The summed E-state index contributed by atoms with van der Waals surface area (Å²) < 4.78 is 22.8. The second-order valence-corrected chi connectivity index (χ2v) is 8.16. The highest BCUT2D eigenvalue weighted by Gasteiger charge is 2.36. The third kappa shape index (κ3) is 4.40. The van der Waals surface area contributed by atoms with E-state index in [1.54, 1.807) is 14.2 Å². The Balaban J connectivity index is 1.94. The lowest BCUT2D eigenvalue weighted by Crippen LogP contribution is -2.41. The van der Waals surface area contributed by atoms with Gasteiger partial charge in [0, 0.05) is 5.69 Å². The zero-order valence-corrected chi connectivity index (χ0v) is 20.4. The van der Waals surface area contributed by atoms with E-state index >= 15 is 0 Å². The Morgan fingerprint density at radius 1 is 0.824 bits per heavy atom. The summed E-state index contributed by atoms with van der Waals surface area (Å²) in [5.41, 5.74) is 4.82. The molecule has 0 bridgehead atoms. The highest BCUT2D eigenvalue weighted by atomic mass is 16.5. The van der Waals surface area contributed by atoms with Crippen LogP contribution in [0.4, 0.5) is 5.69 Å². The first-order valence-corrected chi connectivity index (χ1v) is 11.5. The van der Waals surface area contributed by atoms with Gasteiger partial charge in [-0.1, -0.05) is 23.8 Å². The molecule has 0 aliphatic carbocycles. The number of benzene rings is 3. The molecule has 0 radical (unpaired) electrons. The summed E-state index contributed by atoms with van der Waals surface area (Å²) in [5.74, 6) is 2.59. The SMILES string of the molecule is CCOc1cc2c(cc1OCC)C(c1ccc(OC)c(OC)c1)N(c1ccc(C)cc1)C(=O)C2. The van der Waals surface area contributed by atoms with Crippen molar-refractivity contribution in [1.82, 2.24) is 0 Å². The van der Waals surface area contributed by atoms with Gasteiger partial charge in [0.2, 0.25) is 5.91 Å². The number of aryl methyl sites for hydroxylation is 1. The van der Waals surface area contributed by atoms with Crippen LogP contribution in [0.2, 0.25) is 0 Å². The van der Waals surface area contributed by atoms with Gasteiger partial charge in [0.1, 0.15) is 0 Å². The fourth-order valence-corrected chi connectivity index (χ4v) is 4.44. The molecular weight excluding hydrogens is 430 g/mol. The van der Waals surface area contributed by atoms with E-state index in [1.165, 1.54) is 0 Å². The summed E-state index contributed by atoms with van der Waals surface area (Å²) in [6.07, 6.45) is 0.277. The number of methoxy groups -OCH3 is 2. The summed E-state index contributed by atoms with van der Waals surface area (Å²) in [6.45, 7) is 6.95. The molecule has 1 aliphatic rings. The maximum Gasteiger partial charge on any atom is 0.232 e. The van der Waals surface area contributed by atoms with Crippen LogP contribution in [0, 0.1) is 6.92 Å². The number of hydrogen-bond donors (Lipinski definition) is 0. The number of carbonyl (C=O) groups excluding carboxylic acids is 1. The number of amides is 1. The van der Waals surface area contributed by atoms with Crippen LogP contribution in [0.3, 0.4) is 0 Å². The Morgan fingerprint density at radius 2 is 1.47 bits per heavy atom. The van der Waals surface area contributed by atoms with Crippen molar-refractivity contribution in [2.24, 2.45) is 0 Å². The molecule has 34 heavy (non-hydrogen) atoms. The minimum absolute atomic E-state index is 0.0164. The molecule has 6 heteroatoms. The summed E-state index contributed by atoms with van der Waals surface area (Å²) in [5, 5.41) is 0. The molecule has 1 heterocycles. The summed E-state index contributed by atoms with van der Waals surface area (Å²) in [6, 6.07) is 17.4. The largest absolute Gasteiger partial charge is 0.493 e. The van der Waals surface area contributed by atoms with Crippen molar-refractivity contribution in [3.8, 4) is 23.0 Å². The van der Waals surface area contributed by atoms with Gasteiger partial charge in [0.15, 0.2) is 23.0 Å². The van der Waals surface area contributed by atoms with E-state index in [1.807, 2.05) is 80.3 Å². The van der Waals surface area contributed by atoms with Gasteiger partial charge >= 0.3 is 0 Å². The zero-order chi connectivity index (χ0) is 24.2. The Kier molecular flexibility index (Phi) is 6.96. The van der Waals surface area contributed by atoms with Gasteiger partial charge in [0.05, 0.1) is 39.9 Å². The van der Waals surface area contributed by atoms with Crippen LogP contribution < -0.4 is 23.8 Å².